The van der Waals surface area contributed by atoms with Gasteiger partial charge in [0.25, 0.3) is 0 Å². The SMILES string of the molecule is [B]c1c([B])c([B])c(-c2ccc(C(C)(C)C)cc2)c([B])c1[B]. The lowest BCUT2D eigenvalue weighted by atomic mass is 9.59. The van der Waals surface area contributed by atoms with Crippen LogP contribution in [0.2, 0.25) is 0 Å². The van der Waals surface area contributed by atoms with Crippen molar-refractivity contribution in [2.45, 2.75) is 26.2 Å². The van der Waals surface area contributed by atoms with Crippen molar-refractivity contribution in [2.75, 3.05) is 0 Å². The van der Waals surface area contributed by atoms with Gasteiger partial charge in [-0.1, -0.05) is 56.0 Å². The smallest absolute Gasteiger partial charge is 0.112 e. The summed E-state index contributed by atoms with van der Waals surface area (Å²) in [5.41, 5.74) is 4.32. The highest BCUT2D eigenvalue weighted by molar-refractivity contribution is 6.68. The van der Waals surface area contributed by atoms with E-state index in [0.29, 0.717) is 16.5 Å². The molecule has 2 aromatic rings. The number of rotatable bonds is 1. The molecule has 0 aromatic heterocycles. The van der Waals surface area contributed by atoms with Crippen LogP contribution in [0.25, 0.3) is 11.1 Å². The van der Waals surface area contributed by atoms with Crippen LogP contribution in [0.3, 0.4) is 0 Å². The minimum Gasteiger partial charge on any atom is -0.112 e. The van der Waals surface area contributed by atoms with E-state index in [1.165, 1.54) is 5.56 Å². The molecular weight excluding hydrogens is 246 g/mol. The third-order valence-corrected chi connectivity index (χ3v) is 3.74. The van der Waals surface area contributed by atoms with Gasteiger partial charge in [-0.25, -0.2) is 0 Å². The molecule has 0 bridgehead atoms. The molecule has 2 aromatic carbocycles. The van der Waals surface area contributed by atoms with Crippen LogP contribution in [-0.4, -0.2) is 39.2 Å². The predicted octanol–water partition coefficient (Wildman–Crippen LogP) is -1.38. The summed E-state index contributed by atoms with van der Waals surface area (Å²) in [4.78, 5) is 0. The molecule has 0 N–H and O–H groups in total. The molecule has 0 atom stereocenters. The van der Waals surface area contributed by atoms with E-state index in [9.17, 15) is 0 Å². The van der Waals surface area contributed by atoms with Gasteiger partial charge in [0.15, 0.2) is 0 Å². The second-order valence-electron chi connectivity index (χ2n) is 6.27. The molecule has 2 rings (SSSR count). The summed E-state index contributed by atoms with van der Waals surface area (Å²) in [6, 6.07) is 8.04. The lowest BCUT2D eigenvalue weighted by molar-refractivity contribution is 0.590. The van der Waals surface area contributed by atoms with Gasteiger partial charge in [-0.05, 0) is 22.1 Å². The van der Waals surface area contributed by atoms with Gasteiger partial charge in [0.2, 0.25) is 0 Å². The third-order valence-electron chi connectivity index (χ3n) is 3.74. The van der Waals surface area contributed by atoms with Crippen LogP contribution in [0, 0.1) is 0 Å². The monoisotopic (exact) mass is 260 g/mol. The number of hydrogen-bond donors (Lipinski definition) is 0. The molecular formula is C16H13B5. The van der Waals surface area contributed by atoms with E-state index in [0.717, 1.165) is 5.56 Å². The summed E-state index contributed by atoms with van der Waals surface area (Å²) in [5, 5.41) is 0. The van der Waals surface area contributed by atoms with Gasteiger partial charge < -0.3 is 0 Å². The van der Waals surface area contributed by atoms with Crippen LogP contribution in [-0.2, 0) is 5.41 Å². The van der Waals surface area contributed by atoms with Crippen molar-refractivity contribution in [2.24, 2.45) is 0 Å². The summed E-state index contributed by atoms with van der Waals surface area (Å²) in [6.45, 7) is 6.47. The number of benzene rings is 2. The Balaban J connectivity index is 2.63. The fourth-order valence-electron chi connectivity index (χ4n) is 2.30. The highest BCUT2D eigenvalue weighted by Crippen LogP contribution is 2.24. The van der Waals surface area contributed by atoms with Crippen molar-refractivity contribution in [3.8, 4) is 11.1 Å². The van der Waals surface area contributed by atoms with E-state index in [1.54, 1.807) is 0 Å². The van der Waals surface area contributed by atoms with E-state index < -0.39 is 0 Å². The van der Waals surface area contributed by atoms with Gasteiger partial charge >= 0.3 is 0 Å². The summed E-state index contributed by atoms with van der Waals surface area (Å²) in [7, 11) is 29.7. The maximum atomic E-state index is 6.07. The highest BCUT2D eigenvalue weighted by atomic mass is 14.2. The standard InChI is InChI=1S/C16H13B5/c1-16(2,3)9-6-4-8(5-7-9)10-11(17)13(19)15(21)14(20)12(10)18/h4-7H,1-3H3. The van der Waals surface area contributed by atoms with Crippen molar-refractivity contribution >= 4 is 66.5 Å². The van der Waals surface area contributed by atoms with Crippen molar-refractivity contribution in [3.05, 3.63) is 29.8 Å². The first-order valence-corrected chi connectivity index (χ1v) is 6.76. The summed E-state index contributed by atoms with van der Waals surface area (Å²) >= 11 is 0. The molecule has 0 fully saturated rings. The second kappa shape index (κ2) is 5.52. The molecule has 0 saturated heterocycles. The Hall–Kier alpha value is -1.24. The molecule has 92 valence electrons. The average Bonchev–Trinajstić information content (AvgIpc) is 2.43. The molecule has 10 radical (unpaired) electrons. The first-order valence-electron chi connectivity index (χ1n) is 6.76. The Labute approximate surface area is 134 Å². The quantitative estimate of drug-likeness (QED) is 0.554. The molecule has 0 aliphatic rings. The van der Waals surface area contributed by atoms with Crippen LogP contribution in [0.1, 0.15) is 26.3 Å². The second-order valence-corrected chi connectivity index (χ2v) is 6.27. The van der Waals surface area contributed by atoms with Gasteiger partial charge in [0, 0.05) is 0 Å². The van der Waals surface area contributed by atoms with Gasteiger partial charge in [0.1, 0.15) is 39.2 Å². The van der Waals surface area contributed by atoms with E-state index >= 15 is 0 Å². The van der Waals surface area contributed by atoms with Crippen molar-refractivity contribution in [1.82, 2.24) is 0 Å². The molecule has 0 unspecified atom stereocenters. The zero-order chi connectivity index (χ0) is 15.9. The lowest BCUT2D eigenvalue weighted by Gasteiger charge is -2.23. The Kier molecular flexibility index (Phi) is 4.24. The van der Waals surface area contributed by atoms with Crippen LogP contribution < -0.4 is 27.3 Å². The molecule has 0 aliphatic carbocycles. The Morgan fingerprint density at radius 2 is 1.00 bits per heavy atom. The maximum Gasteiger partial charge on any atom is 0.113 e. The molecule has 0 saturated carbocycles. The van der Waals surface area contributed by atoms with Gasteiger partial charge in [-0.3, -0.25) is 0 Å². The van der Waals surface area contributed by atoms with Gasteiger partial charge in [-0.15, -0.1) is 16.4 Å². The Bertz CT molecular complexity index is 652. The number of hydrogen-bond acceptors (Lipinski definition) is 0. The first kappa shape index (κ1) is 16.1. The third kappa shape index (κ3) is 2.88. The molecule has 21 heavy (non-hydrogen) atoms. The van der Waals surface area contributed by atoms with E-state index in [-0.39, 0.29) is 21.8 Å². The fourth-order valence-corrected chi connectivity index (χ4v) is 2.30. The Morgan fingerprint density at radius 3 is 1.38 bits per heavy atom. The average molecular weight is 259 g/mol. The minimum atomic E-state index is 0.0782. The normalized spacial score (nSPS) is 11.6. The van der Waals surface area contributed by atoms with Crippen molar-refractivity contribution in [1.29, 1.82) is 0 Å². The van der Waals surface area contributed by atoms with E-state index in [4.69, 9.17) is 39.2 Å². The molecule has 5 heteroatoms. The predicted molar refractivity (Wildman–Crippen MR) is 97.5 cm³/mol. The van der Waals surface area contributed by atoms with Crippen LogP contribution in [0.5, 0.6) is 0 Å². The van der Waals surface area contributed by atoms with Gasteiger partial charge in [0.05, 0.1) is 0 Å². The van der Waals surface area contributed by atoms with Gasteiger partial charge in [-0.2, -0.15) is 0 Å². The largest absolute Gasteiger partial charge is 0.113 e. The first-order chi connectivity index (χ1) is 9.64. The molecule has 0 spiro atoms. The molecule has 0 aliphatic heterocycles. The molecule has 0 nitrogen and oxygen atoms in total. The zero-order valence-electron chi connectivity index (χ0n) is 12.7. The fraction of sp³-hybridized carbons (Fsp3) is 0.250. The highest BCUT2D eigenvalue weighted by Gasteiger charge is 2.15. The minimum absolute atomic E-state index is 0.0782. The summed E-state index contributed by atoms with van der Waals surface area (Å²) < 4.78 is 0. The van der Waals surface area contributed by atoms with E-state index in [1.807, 2.05) is 12.1 Å². The zero-order valence-corrected chi connectivity index (χ0v) is 12.7. The topological polar surface area (TPSA) is 0 Å². The van der Waals surface area contributed by atoms with Crippen LogP contribution in [0.4, 0.5) is 0 Å². The summed E-state index contributed by atoms with van der Waals surface area (Å²) in [5.74, 6) is 0. The maximum absolute atomic E-state index is 6.07. The van der Waals surface area contributed by atoms with Crippen molar-refractivity contribution < 1.29 is 0 Å². The van der Waals surface area contributed by atoms with Crippen molar-refractivity contribution in [3.63, 3.8) is 0 Å². The molecule has 0 amide bonds. The Morgan fingerprint density at radius 1 is 0.619 bits per heavy atom. The lowest BCUT2D eigenvalue weighted by Crippen LogP contribution is -2.55. The van der Waals surface area contributed by atoms with E-state index in [2.05, 4.69) is 32.9 Å². The summed E-state index contributed by atoms with van der Waals surface area (Å²) in [6.07, 6.45) is 0. The van der Waals surface area contributed by atoms with Crippen LogP contribution >= 0.6 is 0 Å². The van der Waals surface area contributed by atoms with Crippen LogP contribution in [0.15, 0.2) is 24.3 Å². The molecule has 0 heterocycles.